The van der Waals surface area contributed by atoms with Crippen LogP contribution in [0.5, 0.6) is 0 Å². The molecule has 1 aromatic rings. The summed E-state index contributed by atoms with van der Waals surface area (Å²) in [7, 11) is 3.28. The van der Waals surface area contributed by atoms with Gasteiger partial charge in [0.2, 0.25) is 5.91 Å². The molecule has 7 nitrogen and oxygen atoms in total. The van der Waals surface area contributed by atoms with Gasteiger partial charge in [-0.3, -0.25) is 14.7 Å². The molecule has 1 aliphatic rings. The van der Waals surface area contributed by atoms with Gasteiger partial charge in [0.15, 0.2) is 11.7 Å². The third-order valence-corrected chi connectivity index (χ3v) is 5.18. The SMILES string of the molecule is CN=C(NCCc1nc(C(F)(F)F)cs1)NC1CCN(CC(=O)NC)CC1.I. The van der Waals surface area contributed by atoms with Crippen LogP contribution in [0.25, 0.3) is 0 Å². The highest BCUT2D eigenvalue weighted by atomic mass is 127. The summed E-state index contributed by atoms with van der Waals surface area (Å²) in [5.74, 6) is 0.627. The van der Waals surface area contributed by atoms with Crippen LogP contribution in [0.2, 0.25) is 0 Å². The van der Waals surface area contributed by atoms with Crippen molar-refractivity contribution >= 4 is 47.2 Å². The number of carbonyl (C=O) groups is 1. The van der Waals surface area contributed by atoms with Crippen molar-refractivity contribution in [1.82, 2.24) is 25.8 Å². The van der Waals surface area contributed by atoms with Gasteiger partial charge in [-0.1, -0.05) is 0 Å². The number of aliphatic imine (C=N–C) groups is 1. The van der Waals surface area contributed by atoms with Crippen molar-refractivity contribution in [2.24, 2.45) is 4.99 Å². The molecule has 1 saturated heterocycles. The van der Waals surface area contributed by atoms with Crippen molar-refractivity contribution in [3.63, 3.8) is 0 Å². The van der Waals surface area contributed by atoms with E-state index in [1.807, 2.05) is 0 Å². The molecule has 0 radical (unpaired) electrons. The zero-order valence-corrected chi connectivity index (χ0v) is 19.0. The van der Waals surface area contributed by atoms with Crippen LogP contribution in [0, 0.1) is 0 Å². The summed E-state index contributed by atoms with van der Waals surface area (Å²) in [6, 6.07) is 0.244. The Kier molecular flexibility index (Phi) is 10.4. The van der Waals surface area contributed by atoms with Crippen LogP contribution < -0.4 is 16.0 Å². The average molecular weight is 534 g/mol. The monoisotopic (exact) mass is 534 g/mol. The lowest BCUT2D eigenvalue weighted by atomic mass is 10.1. The van der Waals surface area contributed by atoms with Crippen LogP contribution in [0.15, 0.2) is 10.4 Å². The Hall–Kier alpha value is -1.15. The zero-order chi connectivity index (χ0) is 19.9. The number of aromatic nitrogens is 1. The number of piperidine rings is 1. The fourth-order valence-corrected chi connectivity index (χ4v) is 3.55. The standard InChI is InChI=1S/C16H25F3N6OS.HI/c1-20-13(26)9-25-7-4-11(5-8-25)23-15(21-2)22-6-3-14-24-12(10-27-14)16(17,18)19;/h10-11H,3-9H2,1-2H3,(H,20,26)(H2,21,22,23);1H. The maximum atomic E-state index is 12.6. The highest BCUT2D eigenvalue weighted by Gasteiger charge is 2.33. The quantitative estimate of drug-likeness (QED) is 0.294. The Balaban J connectivity index is 0.00000392. The van der Waals surface area contributed by atoms with E-state index in [0.717, 1.165) is 42.6 Å². The Morgan fingerprint density at radius 3 is 2.61 bits per heavy atom. The molecular weight excluding hydrogens is 508 g/mol. The van der Waals surface area contributed by atoms with Crippen molar-refractivity contribution in [2.75, 3.05) is 40.3 Å². The van der Waals surface area contributed by atoms with E-state index in [4.69, 9.17) is 0 Å². The molecule has 2 heterocycles. The number of carbonyl (C=O) groups excluding carboxylic acids is 1. The highest BCUT2D eigenvalue weighted by molar-refractivity contribution is 14.0. The first-order valence-electron chi connectivity index (χ1n) is 8.73. The third kappa shape index (κ3) is 8.07. The number of hydrogen-bond acceptors (Lipinski definition) is 5. The molecule has 28 heavy (non-hydrogen) atoms. The minimum Gasteiger partial charge on any atom is -0.358 e. The summed E-state index contributed by atoms with van der Waals surface area (Å²) in [6.45, 7) is 2.49. The van der Waals surface area contributed by atoms with Gasteiger partial charge in [-0.15, -0.1) is 35.3 Å². The van der Waals surface area contributed by atoms with Crippen molar-refractivity contribution in [1.29, 1.82) is 0 Å². The molecule has 0 aromatic carbocycles. The predicted octanol–water partition coefficient (Wildman–Crippen LogP) is 1.70. The first-order chi connectivity index (χ1) is 12.8. The Morgan fingerprint density at radius 2 is 2.07 bits per heavy atom. The van der Waals surface area contributed by atoms with E-state index >= 15 is 0 Å². The van der Waals surface area contributed by atoms with Gasteiger partial charge in [-0.05, 0) is 12.8 Å². The number of nitrogens with one attached hydrogen (secondary N) is 3. The van der Waals surface area contributed by atoms with Crippen molar-refractivity contribution in [3.8, 4) is 0 Å². The normalized spacial score (nSPS) is 16.4. The van der Waals surface area contributed by atoms with E-state index in [1.54, 1.807) is 14.1 Å². The van der Waals surface area contributed by atoms with Gasteiger partial charge >= 0.3 is 6.18 Å². The van der Waals surface area contributed by atoms with Crippen LogP contribution in [0.4, 0.5) is 13.2 Å². The molecule has 1 fully saturated rings. The van der Waals surface area contributed by atoms with Gasteiger partial charge in [0.05, 0.1) is 11.6 Å². The molecule has 1 aromatic heterocycles. The number of likely N-dealkylation sites (N-methyl/N-ethyl adjacent to an activating group) is 1. The maximum Gasteiger partial charge on any atom is 0.434 e. The summed E-state index contributed by atoms with van der Waals surface area (Å²) in [6.07, 6.45) is -2.23. The number of nitrogens with zero attached hydrogens (tertiary/aromatic N) is 3. The molecule has 1 aliphatic heterocycles. The Labute approximate surface area is 183 Å². The molecule has 0 bridgehead atoms. The smallest absolute Gasteiger partial charge is 0.358 e. The van der Waals surface area contributed by atoms with Crippen molar-refractivity contribution in [2.45, 2.75) is 31.5 Å². The number of halogens is 4. The van der Waals surface area contributed by atoms with Gasteiger partial charge < -0.3 is 16.0 Å². The van der Waals surface area contributed by atoms with E-state index in [2.05, 4.69) is 30.8 Å². The first kappa shape index (κ1) is 24.9. The highest BCUT2D eigenvalue weighted by Crippen LogP contribution is 2.29. The van der Waals surface area contributed by atoms with E-state index in [9.17, 15) is 18.0 Å². The van der Waals surface area contributed by atoms with E-state index in [-0.39, 0.29) is 35.9 Å². The van der Waals surface area contributed by atoms with Gasteiger partial charge in [0, 0.05) is 51.6 Å². The van der Waals surface area contributed by atoms with Gasteiger partial charge in [-0.2, -0.15) is 13.2 Å². The first-order valence-corrected chi connectivity index (χ1v) is 9.61. The topological polar surface area (TPSA) is 81.7 Å². The molecule has 2 rings (SSSR count). The fourth-order valence-electron chi connectivity index (χ4n) is 2.75. The minimum absolute atomic E-state index is 0. The van der Waals surface area contributed by atoms with Crippen LogP contribution >= 0.6 is 35.3 Å². The molecule has 0 saturated carbocycles. The number of alkyl halides is 3. The van der Waals surface area contributed by atoms with Crippen molar-refractivity contribution in [3.05, 3.63) is 16.1 Å². The second-order valence-electron chi connectivity index (χ2n) is 6.24. The van der Waals surface area contributed by atoms with Crippen LogP contribution in [-0.4, -0.2) is 68.1 Å². The van der Waals surface area contributed by atoms with E-state index in [1.165, 1.54) is 0 Å². The Morgan fingerprint density at radius 1 is 1.39 bits per heavy atom. The summed E-state index contributed by atoms with van der Waals surface area (Å²) in [5, 5.41) is 10.5. The number of likely N-dealkylation sites (tertiary alicyclic amines) is 1. The number of thiazole rings is 1. The molecule has 0 aliphatic carbocycles. The lowest BCUT2D eigenvalue weighted by molar-refractivity contribution is -0.140. The second-order valence-corrected chi connectivity index (χ2v) is 7.18. The number of rotatable bonds is 6. The summed E-state index contributed by atoms with van der Waals surface area (Å²) in [4.78, 5) is 21.3. The summed E-state index contributed by atoms with van der Waals surface area (Å²) in [5.41, 5.74) is -0.839. The van der Waals surface area contributed by atoms with Gasteiger partial charge in [-0.25, -0.2) is 4.98 Å². The van der Waals surface area contributed by atoms with Crippen LogP contribution in [0.3, 0.4) is 0 Å². The third-order valence-electron chi connectivity index (χ3n) is 4.27. The summed E-state index contributed by atoms with van der Waals surface area (Å²) >= 11 is 1.01. The largest absolute Gasteiger partial charge is 0.434 e. The lowest BCUT2D eigenvalue weighted by Gasteiger charge is -2.32. The molecule has 12 heteroatoms. The van der Waals surface area contributed by atoms with Crippen LogP contribution in [-0.2, 0) is 17.4 Å². The fraction of sp³-hybridized carbons (Fsp3) is 0.688. The zero-order valence-electron chi connectivity index (χ0n) is 15.8. The average Bonchev–Trinajstić information content (AvgIpc) is 3.11. The van der Waals surface area contributed by atoms with E-state index < -0.39 is 11.9 Å². The molecule has 1 amide bonds. The van der Waals surface area contributed by atoms with Crippen LogP contribution in [0.1, 0.15) is 23.5 Å². The van der Waals surface area contributed by atoms with E-state index in [0.29, 0.717) is 30.5 Å². The lowest BCUT2D eigenvalue weighted by Crippen LogP contribution is -2.50. The molecule has 3 N–H and O–H groups in total. The maximum absolute atomic E-state index is 12.6. The molecule has 160 valence electrons. The molecular formula is C16H26F3IN6OS. The number of amides is 1. The summed E-state index contributed by atoms with van der Waals surface area (Å²) < 4.78 is 37.7. The minimum atomic E-state index is -4.40. The molecule has 0 atom stereocenters. The predicted molar refractivity (Wildman–Crippen MR) is 114 cm³/mol. The Bertz CT molecular complexity index is 647. The second kappa shape index (κ2) is 11.8. The molecule has 0 spiro atoms. The number of guanidine groups is 1. The van der Waals surface area contributed by atoms with Gasteiger partial charge in [0.1, 0.15) is 0 Å². The molecule has 0 unspecified atom stereocenters. The van der Waals surface area contributed by atoms with Gasteiger partial charge in [0.25, 0.3) is 0 Å². The number of hydrogen-bond donors (Lipinski definition) is 3. The van der Waals surface area contributed by atoms with Crippen molar-refractivity contribution < 1.29 is 18.0 Å².